The molecule has 2 nitrogen and oxygen atoms in total. The van der Waals surface area contributed by atoms with Crippen molar-refractivity contribution in [3.8, 4) is 0 Å². The molecule has 0 aliphatic heterocycles. The van der Waals surface area contributed by atoms with E-state index in [1.54, 1.807) is 0 Å². The molecule has 0 N–H and O–H groups in total. The van der Waals surface area contributed by atoms with Crippen LogP contribution in [0.1, 0.15) is 32.1 Å². The maximum Gasteiger partial charge on any atom is 1.00 e. The summed E-state index contributed by atoms with van der Waals surface area (Å²) in [6, 6.07) is 0. The van der Waals surface area contributed by atoms with Crippen molar-refractivity contribution >= 4 is 5.97 Å². The number of carbonyl (C=O) groups is 1. The topological polar surface area (TPSA) is 40.1 Å². The Balaban J connectivity index is 0.000000810. The Kier molecular flexibility index (Phi) is 6.61. The van der Waals surface area contributed by atoms with E-state index in [0.29, 0.717) is 0 Å². The fraction of sp³-hybridized carbons (Fsp3) is 0.857. The molecule has 1 aliphatic carbocycles. The van der Waals surface area contributed by atoms with E-state index in [9.17, 15) is 9.90 Å². The quantitative estimate of drug-likeness (QED) is 0.476. The molecule has 0 aromatic carbocycles. The molecule has 0 bridgehead atoms. The Morgan fingerprint density at radius 1 is 1.20 bits per heavy atom. The maximum atomic E-state index is 10.2. The average molecular weight is 213 g/mol. The van der Waals surface area contributed by atoms with Crippen molar-refractivity contribution in [2.24, 2.45) is 5.92 Å². The van der Waals surface area contributed by atoms with Gasteiger partial charge in [0, 0.05) is 5.97 Å². The van der Waals surface area contributed by atoms with E-state index in [4.69, 9.17) is 0 Å². The summed E-state index contributed by atoms with van der Waals surface area (Å²) in [5.41, 5.74) is 0. The minimum absolute atomic E-state index is 0. The van der Waals surface area contributed by atoms with Crippen LogP contribution in [0.5, 0.6) is 0 Å². The van der Waals surface area contributed by atoms with Gasteiger partial charge < -0.3 is 9.90 Å². The van der Waals surface area contributed by atoms with Crippen LogP contribution in [-0.4, -0.2) is 5.97 Å². The first kappa shape index (κ1) is 11.3. The number of carboxylic acid groups (broad SMARTS) is 1. The molecule has 1 rings (SSSR count). The van der Waals surface area contributed by atoms with Crippen LogP contribution in [0.4, 0.5) is 0 Å². The van der Waals surface area contributed by atoms with Crippen LogP contribution in [-0.2, 0) is 4.79 Å². The molecule has 0 radical (unpaired) electrons. The van der Waals surface area contributed by atoms with Crippen molar-refractivity contribution in [2.75, 3.05) is 0 Å². The van der Waals surface area contributed by atoms with Gasteiger partial charge in [0.1, 0.15) is 0 Å². The molecular formula is C7H11O2Rb. The summed E-state index contributed by atoms with van der Waals surface area (Å²) >= 11 is 0. The smallest absolute Gasteiger partial charge is 0.550 e. The van der Waals surface area contributed by atoms with E-state index >= 15 is 0 Å². The van der Waals surface area contributed by atoms with Crippen LogP contribution in [0.25, 0.3) is 0 Å². The summed E-state index contributed by atoms with van der Waals surface area (Å²) < 4.78 is 0. The maximum absolute atomic E-state index is 10.2. The van der Waals surface area contributed by atoms with Crippen molar-refractivity contribution in [3.05, 3.63) is 0 Å². The van der Waals surface area contributed by atoms with E-state index in [1.807, 2.05) is 0 Å². The molecule has 0 aromatic rings. The standard InChI is InChI=1S/C7H12O2.Rb/c8-7(9)6-4-2-1-3-5-6;/h6H,1-5H2,(H,8,9);/q;+1/p-1. The second-order valence-electron chi connectivity index (χ2n) is 2.65. The van der Waals surface area contributed by atoms with E-state index in [-0.39, 0.29) is 64.1 Å². The van der Waals surface area contributed by atoms with Crippen molar-refractivity contribution in [1.82, 2.24) is 0 Å². The second-order valence-corrected chi connectivity index (χ2v) is 2.65. The molecule has 0 aromatic heterocycles. The first-order valence-electron chi connectivity index (χ1n) is 3.51. The number of aliphatic carboxylic acids is 1. The molecule has 1 fully saturated rings. The number of carbonyl (C=O) groups excluding carboxylic acids is 1. The van der Waals surface area contributed by atoms with Gasteiger partial charge in [-0.3, -0.25) is 0 Å². The molecule has 1 saturated carbocycles. The van der Waals surface area contributed by atoms with Gasteiger partial charge in [0.2, 0.25) is 0 Å². The molecule has 3 heteroatoms. The van der Waals surface area contributed by atoms with Crippen molar-refractivity contribution in [3.63, 3.8) is 0 Å². The zero-order chi connectivity index (χ0) is 6.69. The number of hydrogen-bond donors (Lipinski definition) is 0. The van der Waals surface area contributed by atoms with Crippen molar-refractivity contribution in [2.45, 2.75) is 32.1 Å². The summed E-state index contributed by atoms with van der Waals surface area (Å²) in [6.07, 6.45) is 5.01. The van der Waals surface area contributed by atoms with Crippen LogP contribution < -0.4 is 63.3 Å². The summed E-state index contributed by atoms with van der Waals surface area (Å²) in [7, 11) is 0. The Hall–Kier alpha value is 1.28. The average Bonchev–Trinajstić information content (AvgIpc) is 1.90. The van der Waals surface area contributed by atoms with Gasteiger partial charge in [-0.1, -0.05) is 19.3 Å². The van der Waals surface area contributed by atoms with E-state index < -0.39 is 5.97 Å². The monoisotopic (exact) mass is 212 g/mol. The number of rotatable bonds is 1. The molecule has 0 heterocycles. The number of carboxylic acids is 1. The molecule has 0 atom stereocenters. The fourth-order valence-electron chi connectivity index (χ4n) is 1.34. The van der Waals surface area contributed by atoms with Crippen LogP contribution in [0.3, 0.4) is 0 Å². The predicted octanol–water partition coefficient (Wildman–Crippen LogP) is -2.68. The Labute approximate surface area is 110 Å². The minimum Gasteiger partial charge on any atom is -0.550 e. The van der Waals surface area contributed by atoms with Crippen LogP contribution in [0, 0.1) is 5.92 Å². The molecule has 0 spiro atoms. The molecule has 0 amide bonds. The van der Waals surface area contributed by atoms with Gasteiger partial charge in [-0.25, -0.2) is 0 Å². The molecule has 0 saturated heterocycles. The van der Waals surface area contributed by atoms with Crippen LogP contribution in [0.2, 0.25) is 0 Å². The third kappa shape index (κ3) is 3.60. The second kappa shape index (κ2) is 5.87. The summed E-state index contributed by atoms with van der Waals surface area (Å²) in [6.45, 7) is 0. The first-order chi connectivity index (χ1) is 4.30. The van der Waals surface area contributed by atoms with Gasteiger partial charge in [0.15, 0.2) is 0 Å². The fourth-order valence-corrected chi connectivity index (χ4v) is 1.34. The third-order valence-electron chi connectivity index (χ3n) is 1.94. The van der Waals surface area contributed by atoms with Gasteiger partial charge in [-0.05, 0) is 18.8 Å². The molecule has 1 aliphatic rings. The normalized spacial score (nSPS) is 19.6. The van der Waals surface area contributed by atoms with Crippen molar-refractivity contribution < 1.29 is 68.1 Å². The summed E-state index contributed by atoms with van der Waals surface area (Å²) in [4.78, 5) is 10.2. The zero-order valence-corrected chi connectivity index (χ0v) is 11.3. The Morgan fingerprint density at radius 2 is 1.70 bits per heavy atom. The van der Waals surface area contributed by atoms with Gasteiger partial charge >= 0.3 is 58.2 Å². The number of hydrogen-bond acceptors (Lipinski definition) is 2. The molecular weight excluding hydrogens is 202 g/mol. The van der Waals surface area contributed by atoms with E-state index in [2.05, 4.69) is 0 Å². The zero-order valence-electron chi connectivity index (χ0n) is 6.43. The Morgan fingerprint density at radius 3 is 2.00 bits per heavy atom. The van der Waals surface area contributed by atoms with E-state index in [1.165, 1.54) is 6.42 Å². The largest absolute Gasteiger partial charge is 1.00 e. The molecule has 0 unspecified atom stereocenters. The summed E-state index contributed by atoms with van der Waals surface area (Å²) in [5.74, 6) is -0.992. The molecule has 52 valence electrons. The van der Waals surface area contributed by atoms with Gasteiger partial charge in [-0.15, -0.1) is 0 Å². The Bertz CT molecular complexity index is 108. The first-order valence-corrected chi connectivity index (χ1v) is 3.51. The third-order valence-corrected chi connectivity index (χ3v) is 1.94. The van der Waals surface area contributed by atoms with Gasteiger partial charge in [0.05, 0.1) is 0 Å². The van der Waals surface area contributed by atoms with Crippen LogP contribution in [0.15, 0.2) is 0 Å². The molecule has 10 heavy (non-hydrogen) atoms. The summed E-state index contributed by atoms with van der Waals surface area (Å²) in [5, 5.41) is 10.2. The van der Waals surface area contributed by atoms with E-state index in [0.717, 1.165) is 25.7 Å². The predicted molar refractivity (Wildman–Crippen MR) is 31.6 cm³/mol. The van der Waals surface area contributed by atoms with Gasteiger partial charge in [-0.2, -0.15) is 0 Å². The van der Waals surface area contributed by atoms with Gasteiger partial charge in [0.25, 0.3) is 0 Å². The van der Waals surface area contributed by atoms with Crippen molar-refractivity contribution in [1.29, 1.82) is 0 Å². The van der Waals surface area contributed by atoms with Crippen LogP contribution >= 0.6 is 0 Å². The minimum atomic E-state index is -0.852. The SMILES string of the molecule is O=C([O-])C1CCCCC1.[Rb+].